The molecule has 0 fully saturated rings. The Hall–Kier alpha value is -0.360. The lowest BCUT2D eigenvalue weighted by Gasteiger charge is -2.24. The van der Waals surface area contributed by atoms with Crippen LogP contribution in [0, 0.1) is 0 Å². The van der Waals surface area contributed by atoms with Crippen molar-refractivity contribution in [1.82, 2.24) is 5.32 Å². The topological polar surface area (TPSA) is 119 Å². The first-order valence-corrected chi connectivity index (χ1v) is 6.24. The first-order valence-electron chi connectivity index (χ1n) is 6.24. The zero-order valence-electron chi connectivity index (χ0n) is 11.5. The van der Waals surface area contributed by atoms with Crippen molar-refractivity contribution in [2.24, 2.45) is 11.8 Å². The Morgan fingerprint density at radius 3 is 1.53 bits per heavy atom. The molecule has 0 bridgehead atoms. The third kappa shape index (κ3) is 11.2. The summed E-state index contributed by atoms with van der Waals surface area (Å²) >= 11 is 0. The molecule has 9 nitrogen and oxygen atoms in total. The molecule has 0 aromatic rings. The normalized spacial score (nSPS) is 14.5. The van der Waals surface area contributed by atoms with Gasteiger partial charge in [0.15, 0.2) is 0 Å². The molecule has 0 saturated heterocycles. The molecule has 0 saturated carbocycles. The zero-order valence-corrected chi connectivity index (χ0v) is 11.5. The first-order chi connectivity index (χ1) is 9.28. The number of hydrogen-bond donors (Lipinski definition) is 3. The lowest BCUT2D eigenvalue weighted by atomic mass is 10.3. The third-order valence-corrected chi connectivity index (χ3v) is 2.22. The maximum atomic E-state index is 5.53. The van der Waals surface area contributed by atoms with Gasteiger partial charge in [-0.25, -0.2) is 9.78 Å². The number of rotatable bonds is 14. The van der Waals surface area contributed by atoms with Crippen LogP contribution in [-0.4, -0.2) is 38.9 Å². The molecule has 5 N–H and O–H groups in total. The van der Waals surface area contributed by atoms with Gasteiger partial charge in [0, 0.05) is 0 Å². The average molecular weight is 283 g/mol. The molecule has 2 unspecified atom stereocenters. The maximum Gasteiger partial charge on any atom is 0.109 e. The predicted molar refractivity (Wildman–Crippen MR) is 65.6 cm³/mol. The number of hydrogen-bond acceptors (Lipinski definition) is 9. The molecule has 19 heavy (non-hydrogen) atoms. The van der Waals surface area contributed by atoms with Crippen LogP contribution in [0.5, 0.6) is 0 Å². The Labute approximate surface area is 113 Å². The van der Waals surface area contributed by atoms with Gasteiger partial charge in [-0.15, -0.1) is 9.98 Å². The Balaban J connectivity index is 3.76. The molecule has 0 rings (SSSR count). The van der Waals surface area contributed by atoms with Crippen LogP contribution in [0.25, 0.3) is 0 Å². The molecule has 0 radical (unpaired) electrons. The molecule has 0 spiro atoms. The highest BCUT2D eigenvalue weighted by molar-refractivity contribution is 4.58. The van der Waals surface area contributed by atoms with Crippen LogP contribution >= 0.6 is 0 Å². The summed E-state index contributed by atoms with van der Waals surface area (Å²) in [7, 11) is 0. The lowest BCUT2D eigenvalue weighted by Crippen LogP contribution is -2.42. The van der Waals surface area contributed by atoms with Gasteiger partial charge in [-0.2, -0.15) is 11.8 Å². The molecular weight excluding hydrogens is 258 g/mol. The van der Waals surface area contributed by atoms with Gasteiger partial charge in [-0.05, 0) is 12.8 Å². The Morgan fingerprint density at radius 1 is 0.789 bits per heavy atom. The van der Waals surface area contributed by atoms with E-state index >= 15 is 0 Å². The van der Waals surface area contributed by atoms with E-state index in [1.54, 1.807) is 0 Å². The van der Waals surface area contributed by atoms with Gasteiger partial charge in [0.25, 0.3) is 0 Å². The Morgan fingerprint density at radius 2 is 1.21 bits per heavy atom. The van der Waals surface area contributed by atoms with Gasteiger partial charge in [0.1, 0.15) is 25.7 Å². The van der Waals surface area contributed by atoms with Crippen LogP contribution in [-0.2, 0) is 29.2 Å². The highest BCUT2D eigenvalue weighted by atomic mass is 17.3. The number of nitrogens with two attached hydrogens (primary N) is 2. The summed E-state index contributed by atoms with van der Waals surface area (Å²) in [4.78, 5) is 17.0. The summed E-state index contributed by atoms with van der Waals surface area (Å²) in [6, 6.07) is 0. The molecule has 0 amide bonds. The van der Waals surface area contributed by atoms with Gasteiger partial charge >= 0.3 is 0 Å². The van der Waals surface area contributed by atoms with E-state index in [-0.39, 0.29) is 25.7 Å². The Bertz CT molecular complexity index is 171. The van der Waals surface area contributed by atoms with E-state index in [0.29, 0.717) is 13.2 Å². The maximum absolute atomic E-state index is 5.53. The molecule has 116 valence electrons. The van der Waals surface area contributed by atoms with Gasteiger partial charge in [0.05, 0.1) is 13.2 Å². The standard InChI is InChI=1S/C10H25N3O6/c1-3-9(14-5-7-16-18-11)13-10(4-2)15-6-8-17-19-12/h9-10,13H,3-8,11-12H2,1-2H3. The second-order valence-corrected chi connectivity index (χ2v) is 3.54. The van der Waals surface area contributed by atoms with E-state index in [0.717, 1.165) is 12.8 Å². The molecule has 0 aliphatic rings. The van der Waals surface area contributed by atoms with Crippen LogP contribution in [0.1, 0.15) is 26.7 Å². The molecular formula is C10H25N3O6. The van der Waals surface area contributed by atoms with Crippen molar-refractivity contribution in [3.05, 3.63) is 0 Å². The van der Waals surface area contributed by atoms with Crippen LogP contribution in [0.15, 0.2) is 0 Å². The summed E-state index contributed by atoms with van der Waals surface area (Å²) in [5, 5.41) is 3.21. The van der Waals surface area contributed by atoms with E-state index in [9.17, 15) is 0 Å². The van der Waals surface area contributed by atoms with E-state index in [1.165, 1.54) is 0 Å². The van der Waals surface area contributed by atoms with Gasteiger partial charge < -0.3 is 9.47 Å². The van der Waals surface area contributed by atoms with E-state index in [2.05, 4.69) is 25.1 Å². The first kappa shape index (κ1) is 18.6. The van der Waals surface area contributed by atoms with Crippen molar-refractivity contribution < 1.29 is 29.2 Å². The van der Waals surface area contributed by atoms with Gasteiger partial charge in [0.2, 0.25) is 0 Å². The minimum Gasteiger partial charge on any atom is -0.361 e. The van der Waals surface area contributed by atoms with Crippen LogP contribution in [0.3, 0.4) is 0 Å². The molecule has 2 atom stereocenters. The lowest BCUT2D eigenvalue weighted by molar-refractivity contribution is -0.307. The Kier molecular flexibility index (Phi) is 13.8. The highest BCUT2D eigenvalue weighted by Gasteiger charge is 2.13. The second-order valence-electron chi connectivity index (χ2n) is 3.54. The molecule has 0 aliphatic heterocycles. The summed E-state index contributed by atoms with van der Waals surface area (Å²) < 4.78 is 11.1. The van der Waals surface area contributed by atoms with Crippen molar-refractivity contribution in [3.8, 4) is 0 Å². The quantitative estimate of drug-likeness (QED) is 0.171. The third-order valence-electron chi connectivity index (χ3n) is 2.22. The van der Waals surface area contributed by atoms with Crippen LogP contribution in [0.2, 0.25) is 0 Å². The molecule has 0 aliphatic carbocycles. The number of nitrogens with one attached hydrogen (secondary N) is 1. The van der Waals surface area contributed by atoms with E-state index < -0.39 is 0 Å². The average Bonchev–Trinajstić information content (AvgIpc) is 2.44. The molecule has 0 heterocycles. The SMILES string of the molecule is CCC(NC(CC)OCCOON)OCCOON. The fraction of sp³-hybridized carbons (Fsp3) is 1.00. The molecule has 9 heteroatoms. The fourth-order valence-corrected chi connectivity index (χ4v) is 1.32. The van der Waals surface area contributed by atoms with Crippen LogP contribution < -0.4 is 17.1 Å². The summed E-state index contributed by atoms with van der Waals surface area (Å²) in [5.74, 6) is 9.43. The summed E-state index contributed by atoms with van der Waals surface area (Å²) in [6.45, 7) is 5.24. The highest BCUT2D eigenvalue weighted by Crippen LogP contribution is 2.01. The smallest absolute Gasteiger partial charge is 0.109 e. The largest absolute Gasteiger partial charge is 0.361 e. The van der Waals surface area contributed by atoms with Crippen LogP contribution in [0.4, 0.5) is 0 Å². The van der Waals surface area contributed by atoms with Crippen molar-refractivity contribution >= 4 is 0 Å². The monoisotopic (exact) mass is 283 g/mol. The zero-order chi connectivity index (χ0) is 14.3. The van der Waals surface area contributed by atoms with Crippen molar-refractivity contribution in [1.29, 1.82) is 0 Å². The minimum absolute atomic E-state index is 0.141. The number of ether oxygens (including phenoxy) is 2. The molecule has 0 aromatic heterocycles. The second kappa shape index (κ2) is 14.1. The summed E-state index contributed by atoms with van der Waals surface area (Å²) in [5.41, 5.74) is 0. The van der Waals surface area contributed by atoms with E-state index in [4.69, 9.17) is 21.3 Å². The molecule has 0 aromatic carbocycles. The summed E-state index contributed by atoms with van der Waals surface area (Å²) in [6.07, 6.45) is 1.29. The predicted octanol–water partition coefficient (Wildman–Crippen LogP) is -0.275. The minimum atomic E-state index is -0.141. The van der Waals surface area contributed by atoms with Gasteiger partial charge in [-0.1, -0.05) is 13.8 Å². The van der Waals surface area contributed by atoms with Gasteiger partial charge in [-0.3, -0.25) is 5.32 Å². The fourth-order valence-electron chi connectivity index (χ4n) is 1.32. The van der Waals surface area contributed by atoms with Crippen molar-refractivity contribution in [2.45, 2.75) is 39.1 Å². The van der Waals surface area contributed by atoms with E-state index in [1.807, 2.05) is 13.8 Å². The van der Waals surface area contributed by atoms with Crippen molar-refractivity contribution in [3.63, 3.8) is 0 Å². The van der Waals surface area contributed by atoms with Crippen molar-refractivity contribution in [2.75, 3.05) is 26.4 Å².